The first-order valence-corrected chi connectivity index (χ1v) is 11.0. The molecule has 1 N–H and O–H groups in total. The molecule has 1 aromatic carbocycles. The van der Waals surface area contributed by atoms with E-state index in [0.29, 0.717) is 0 Å². The predicted molar refractivity (Wildman–Crippen MR) is 110 cm³/mol. The Morgan fingerprint density at radius 1 is 1.04 bits per heavy atom. The summed E-state index contributed by atoms with van der Waals surface area (Å²) in [5.41, 5.74) is 2.12. The lowest BCUT2D eigenvalue weighted by molar-refractivity contribution is 0.0943. The molecule has 25 heavy (non-hydrogen) atoms. The second kappa shape index (κ2) is 10.3. The van der Waals surface area contributed by atoms with E-state index in [0.717, 1.165) is 29.1 Å². The summed E-state index contributed by atoms with van der Waals surface area (Å²) < 4.78 is 0. The number of thioether (sulfide) groups is 1. The summed E-state index contributed by atoms with van der Waals surface area (Å²) in [5.74, 6) is 3.22. The smallest absolute Gasteiger partial charge is 0.251 e. The number of amides is 1. The van der Waals surface area contributed by atoms with Crippen molar-refractivity contribution in [2.45, 2.75) is 77.5 Å². The van der Waals surface area contributed by atoms with Crippen molar-refractivity contribution < 1.29 is 4.79 Å². The van der Waals surface area contributed by atoms with Gasteiger partial charge in [0.2, 0.25) is 0 Å². The SMILES string of the molecule is CC(C)NC(=O)c1ccc(CCC2CCC(CSC(C)C)CC2)cc1. The summed E-state index contributed by atoms with van der Waals surface area (Å²) in [4.78, 5) is 12.0. The van der Waals surface area contributed by atoms with Gasteiger partial charge in [0.25, 0.3) is 5.91 Å². The lowest BCUT2D eigenvalue weighted by atomic mass is 9.80. The number of hydrogen-bond donors (Lipinski definition) is 1. The fraction of sp³-hybridized carbons (Fsp3) is 0.682. The van der Waals surface area contributed by atoms with Crippen molar-refractivity contribution >= 4 is 17.7 Å². The van der Waals surface area contributed by atoms with Crippen molar-refractivity contribution in [3.63, 3.8) is 0 Å². The van der Waals surface area contributed by atoms with Crippen LogP contribution in [0.3, 0.4) is 0 Å². The molecule has 2 rings (SSSR count). The van der Waals surface area contributed by atoms with Crippen molar-refractivity contribution in [1.82, 2.24) is 5.32 Å². The van der Waals surface area contributed by atoms with Gasteiger partial charge in [0.05, 0.1) is 0 Å². The molecule has 2 nitrogen and oxygen atoms in total. The maximum atomic E-state index is 12.0. The molecule has 0 aliphatic heterocycles. The average molecular weight is 362 g/mol. The van der Waals surface area contributed by atoms with Crippen LogP contribution < -0.4 is 5.32 Å². The molecule has 0 unspecified atom stereocenters. The van der Waals surface area contributed by atoms with Crippen LogP contribution in [0, 0.1) is 11.8 Å². The third kappa shape index (κ3) is 7.43. The standard InChI is InChI=1S/C22H35NOS/c1-16(2)23-22(24)21-13-11-19(12-14-21)6-5-18-7-9-20(10-8-18)15-25-17(3)4/h11-14,16-18,20H,5-10,15H2,1-4H3,(H,23,24). The van der Waals surface area contributed by atoms with E-state index in [-0.39, 0.29) is 11.9 Å². The zero-order valence-corrected chi connectivity index (χ0v) is 17.2. The zero-order chi connectivity index (χ0) is 18.2. The quantitative estimate of drug-likeness (QED) is 0.643. The van der Waals surface area contributed by atoms with Gasteiger partial charge in [0.1, 0.15) is 0 Å². The molecule has 0 radical (unpaired) electrons. The Morgan fingerprint density at radius 2 is 1.64 bits per heavy atom. The first kappa shape index (κ1) is 20.4. The second-order valence-corrected chi connectivity index (χ2v) is 9.74. The minimum atomic E-state index is 0.0270. The predicted octanol–water partition coefficient (Wildman–Crippen LogP) is 5.71. The van der Waals surface area contributed by atoms with Crippen LogP contribution in [-0.2, 0) is 6.42 Å². The Labute approximate surface area is 158 Å². The molecule has 3 heteroatoms. The number of carbonyl (C=O) groups is 1. The summed E-state index contributed by atoms with van der Waals surface area (Å²) >= 11 is 2.12. The fourth-order valence-corrected chi connectivity index (χ4v) is 4.54. The third-order valence-corrected chi connectivity index (χ3v) is 6.44. The molecule has 1 fully saturated rings. The van der Waals surface area contributed by atoms with Gasteiger partial charge in [0.15, 0.2) is 0 Å². The molecular weight excluding hydrogens is 326 g/mol. The van der Waals surface area contributed by atoms with Gasteiger partial charge in [-0.05, 0) is 80.1 Å². The summed E-state index contributed by atoms with van der Waals surface area (Å²) in [6.07, 6.45) is 8.07. The van der Waals surface area contributed by atoms with Gasteiger partial charge < -0.3 is 5.32 Å². The Bertz CT molecular complexity index is 515. The number of rotatable bonds is 8. The van der Waals surface area contributed by atoms with E-state index < -0.39 is 0 Å². The first-order valence-electron chi connectivity index (χ1n) is 9.95. The van der Waals surface area contributed by atoms with Gasteiger partial charge in [-0.15, -0.1) is 0 Å². The highest BCUT2D eigenvalue weighted by Crippen LogP contribution is 2.34. The minimum absolute atomic E-state index is 0.0270. The Kier molecular flexibility index (Phi) is 8.35. The number of hydrogen-bond acceptors (Lipinski definition) is 2. The molecule has 0 aromatic heterocycles. The van der Waals surface area contributed by atoms with E-state index in [9.17, 15) is 4.79 Å². The largest absolute Gasteiger partial charge is 0.350 e. The lowest BCUT2D eigenvalue weighted by Crippen LogP contribution is -2.29. The van der Waals surface area contributed by atoms with Crippen molar-refractivity contribution in [3.8, 4) is 0 Å². The minimum Gasteiger partial charge on any atom is -0.350 e. The van der Waals surface area contributed by atoms with Crippen LogP contribution in [-0.4, -0.2) is 23.0 Å². The number of carbonyl (C=O) groups excluding carboxylic acids is 1. The van der Waals surface area contributed by atoms with E-state index in [1.165, 1.54) is 43.4 Å². The monoisotopic (exact) mass is 361 g/mol. The molecule has 0 bridgehead atoms. The second-order valence-electron chi connectivity index (χ2n) is 8.13. The van der Waals surface area contributed by atoms with Crippen molar-refractivity contribution in [1.29, 1.82) is 0 Å². The lowest BCUT2D eigenvalue weighted by Gasteiger charge is -2.28. The van der Waals surface area contributed by atoms with Gasteiger partial charge in [-0.3, -0.25) is 4.79 Å². The van der Waals surface area contributed by atoms with Crippen LogP contribution in [0.15, 0.2) is 24.3 Å². The zero-order valence-electron chi connectivity index (χ0n) is 16.4. The van der Waals surface area contributed by atoms with Crippen LogP contribution >= 0.6 is 11.8 Å². The van der Waals surface area contributed by atoms with Crippen LogP contribution in [0.1, 0.15) is 75.7 Å². The van der Waals surface area contributed by atoms with Crippen molar-refractivity contribution in [2.75, 3.05) is 5.75 Å². The summed E-state index contributed by atoms with van der Waals surface area (Å²) in [7, 11) is 0. The normalized spacial score (nSPS) is 20.9. The number of benzene rings is 1. The molecule has 1 amide bonds. The van der Waals surface area contributed by atoms with E-state index >= 15 is 0 Å². The van der Waals surface area contributed by atoms with Crippen LogP contribution in [0.25, 0.3) is 0 Å². The fourth-order valence-electron chi connectivity index (χ4n) is 3.55. The van der Waals surface area contributed by atoms with E-state index in [4.69, 9.17) is 0 Å². The van der Waals surface area contributed by atoms with Crippen LogP contribution in [0.5, 0.6) is 0 Å². The molecule has 0 spiro atoms. The molecule has 0 atom stereocenters. The molecular formula is C22H35NOS. The summed E-state index contributed by atoms with van der Waals surface area (Å²) in [5, 5.41) is 3.71. The van der Waals surface area contributed by atoms with Crippen LogP contribution in [0.4, 0.5) is 0 Å². The Hall–Kier alpha value is -0.960. The van der Waals surface area contributed by atoms with E-state index in [1.54, 1.807) is 0 Å². The van der Waals surface area contributed by atoms with E-state index in [2.05, 4.69) is 43.1 Å². The molecule has 0 saturated heterocycles. The maximum Gasteiger partial charge on any atom is 0.251 e. The van der Waals surface area contributed by atoms with Crippen molar-refractivity contribution in [3.05, 3.63) is 35.4 Å². The molecule has 140 valence electrons. The van der Waals surface area contributed by atoms with Crippen LogP contribution in [0.2, 0.25) is 0 Å². The Balaban J connectivity index is 1.71. The summed E-state index contributed by atoms with van der Waals surface area (Å²) in [6, 6.07) is 8.36. The number of nitrogens with one attached hydrogen (secondary N) is 1. The number of aryl methyl sites for hydroxylation is 1. The molecule has 1 aliphatic carbocycles. The molecule has 1 saturated carbocycles. The average Bonchev–Trinajstić information content (AvgIpc) is 2.59. The molecule has 1 aliphatic rings. The highest BCUT2D eigenvalue weighted by molar-refractivity contribution is 7.99. The Morgan fingerprint density at radius 3 is 2.20 bits per heavy atom. The van der Waals surface area contributed by atoms with Gasteiger partial charge >= 0.3 is 0 Å². The third-order valence-electron chi connectivity index (χ3n) is 5.11. The topological polar surface area (TPSA) is 29.1 Å². The summed E-state index contributed by atoms with van der Waals surface area (Å²) in [6.45, 7) is 8.58. The van der Waals surface area contributed by atoms with E-state index in [1.807, 2.05) is 26.0 Å². The van der Waals surface area contributed by atoms with Gasteiger partial charge in [0, 0.05) is 11.6 Å². The highest BCUT2D eigenvalue weighted by Gasteiger charge is 2.21. The highest BCUT2D eigenvalue weighted by atomic mass is 32.2. The molecule has 1 aromatic rings. The van der Waals surface area contributed by atoms with Crippen molar-refractivity contribution in [2.24, 2.45) is 11.8 Å². The van der Waals surface area contributed by atoms with Gasteiger partial charge in [-0.2, -0.15) is 11.8 Å². The van der Waals surface area contributed by atoms with Gasteiger partial charge in [-0.25, -0.2) is 0 Å². The first-order chi connectivity index (χ1) is 11.9. The maximum absolute atomic E-state index is 12.0. The van der Waals surface area contributed by atoms with Gasteiger partial charge in [-0.1, -0.05) is 38.8 Å². The molecule has 0 heterocycles.